The number of hydrogen-bond donors (Lipinski definition) is 0. The maximum atomic E-state index is 12.3. The molecule has 2 aliphatic heterocycles. The summed E-state index contributed by atoms with van der Waals surface area (Å²) in [6.45, 7) is 5.55. The number of nitrogens with zero attached hydrogens (tertiary/aromatic N) is 4. The molecule has 1 atom stereocenters. The number of piperazine rings is 1. The van der Waals surface area contributed by atoms with Gasteiger partial charge in [-0.15, -0.1) is 0 Å². The highest BCUT2D eigenvalue weighted by Gasteiger charge is 2.30. The van der Waals surface area contributed by atoms with Gasteiger partial charge in [0.25, 0.3) is 5.91 Å². The van der Waals surface area contributed by atoms with Gasteiger partial charge in [0.1, 0.15) is 11.9 Å². The SMILES string of the molecule is COc1nc(C)cc(N2CCN(C(=O)C3CCCO3)CC2)n1. The monoisotopic (exact) mass is 306 g/mol. The maximum Gasteiger partial charge on any atom is 0.318 e. The first-order valence-corrected chi connectivity index (χ1v) is 7.72. The molecule has 0 N–H and O–H groups in total. The molecule has 7 heteroatoms. The molecule has 2 aliphatic rings. The van der Waals surface area contributed by atoms with Crippen LogP contribution in [0.5, 0.6) is 6.01 Å². The molecule has 2 fully saturated rings. The van der Waals surface area contributed by atoms with Crippen molar-refractivity contribution in [2.24, 2.45) is 0 Å². The fourth-order valence-electron chi connectivity index (χ4n) is 2.91. The summed E-state index contributed by atoms with van der Waals surface area (Å²) < 4.78 is 10.6. The Morgan fingerprint density at radius 3 is 2.73 bits per heavy atom. The summed E-state index contributed by atoms with van der Waals surface area (Å²) in [4.78, 5) is 25.0. The Hall–Kier alpha value is -1.89. The number of carbonyl (C=O) groups is 1. The van der Waals surface area contributed by atoms with Crippen LogP contribution in [0.1, 0.15) is 18.5 Å². The van der Waals surface area contributed by atoms with E-state index in [0.29, 0.717) is 25.7 Å². The van der Waals surface area contributed by atoms with Gasteiger partial charge in [0.15, 0.2) is 0 Å². The molecule has 1 unspecified atom stereocenters. The van der Waals surface area contributed by atoms with Gasteiger partial charge in [-0.2, -0.15) is 4.98 Å². The second kappa shape index (κ2) is 6.48. The largest absolute Gasteiger partial charge is 0.467 e. The molecule has 0 spiro atoms. The van der Waals surface area contributed by atoms with Crippen molar-refractivity contribution >= 4 is 11.7 Å². The number of carbonyl (C=O) groups excluding carboxylic acids is 1. The molecule has 0 bridgehead atoms. The lowest BCUT2D eigenvalue weighted by atomic mass is 10.2. The molecule has 3 rings (SSSR count). The highest BCUT2D eigenvalue weighted by Crippen LogP contribution is 2.20. The number of hydrogen-bond acceptors (Lipinski definition) is 6. The van der Waals surface area contributed by atoms with Crippen LogP contribution >= 0.6 is 0 Å². The molecular formula is C15H22N4O3. The average molecular weight is 306 g/mol. The number of rotatable bonds is 3. The number of aryl methyl sites for hydroxylation is 1. The number of anilines is 1. The van der Waals surface area contributed by atoms with E-state index in [1.807, 2.05) is 17.9 Å². The second-order valence-corrected chi connectivity index (χ2v) is 5.67. The molecular weight excluding hydrogens is 284 g/mol. The summed E-state index contributed by atoms with van der Waals surface area (Å²) in [6, 6.07) is 2.33. The summed E-state index contributed by atoms with van der Waals surface area (Å²) in [7, 11) is 1.57. The highest BCUT2D eigenvalue weighted by atomic mass is 16.5. The Morgan fingerprint density at radius 1 is 1.32 bits per heavy atom. The van der Waals surface area contributed by atoms with Crippen LogP contribution in [0, 0.1) is 6.92 Å². The van der Waals surface area contributed by atoms with E-state index in [0.717, 1.165) is 37.4 Å². The molecule has 3 heterocycles. The summed E-state index contributed by atoms with van der Waals surface area (Å²) in [5.41, 5.74) is 0.875. The first-order chi connectivity index (χ1) is 10.7. The van der Waals surface area contributed by atoms with Gasteiger partial charge in [-0.3, -0.25) is 4.79 Å². The minimum atomic E-state index is -0.229. The van der Waals surface area contributed by atoms with Gasteiger partial charge in [-0.25, -0.2) is 4.98 Å². The molecule has 1 aromatic heterocycles. The van der Waals surface area contributed by atoms with Gasteiger partial charge in [-0.1, -0.05) is 0 Å². The molecule has 120 valence electrons. The molecule has 0 aromatic carbocycles. The molecule has 2 saturated heterocycles. The van der Waals surface area contributed by atoms with Crippen LogP contribution in [0.15, 0.2) is 6.07 Å². The van der Waals surface area contributed by atoms with E-state index < -0.39 is 0 Å². The van der Waals surface area contributed by atoms with Crippen LogP contribution in [0.4, 0.5) is 5.82 Å². The fourth-order valence-corrected chi connectivity index (χ4v) is 2.91. The Morgan fingerprint density at radius 2 is 2.09 bits per heavy atom. The summed E-state index contributed by atoms with van der Waals surface area (Å²) in [5.74, 6) is 0.988. The maximum absolute atomic E-state index is 12.3. The van der Waals surface area contributed by atoms with Crippen molar-refractivity contribution < 1.29 is 14.3 Å². The Labute approximate surface area is 130 Å². The average Bonchev–Trinajstić information content (AvgIpc) is 3.08. The summed E-state index contributed by atoms with van der Waals surface area (Å²) in [5, 5.41) is 0. The van der Waals surface area contributed by atoms with Gasteiger partial charge in [0.05, 0.1) is 7.11 Å². The van der Waals surface area contributed by atoms with Crippen LogP contribution in [0.2, 0.25) is 0 Å². The van der Waals surface area contributed by atoms with Crippen molar-refractivity contribution in [2.75, 3.05) is 44.8 Å². The van der Waals surface area contributed by atoms with Gasteiger partial charge in [0.2, 0.25) is 0 Å². The Balaban J connectivity index is 1.61. The van der Waals surface area contributed by atoms with Crippen LogP contribution in [0.3, 0.4) is 0 Å². The van der Waals surface area contributed by atoms with Crippen molar-refractivity contribution in [2.45, 2.75) is 25.9 Å². The van der Waals surface area contributed by atoms with E-state index >= 15 is 0 Å². The lowest BCUT2D eigenvalue weighted by molar-refractivity contribution is -0.141. The zero-order valence-electron chi connectivity index (χ0n) is 13.1. The molecule has 0 radical (unpaired) electrons. The third kappa shape index (κ3) is 3.14. The summed E-state index contributed by atoms with van der Waals surface area (Å²) in [6.07, 6.45) is 1.60. The van der Waals surface area contributed by atoms with E-state index in [1.165, 1.54) is 0 Å². The van der Waals surface area contributed by atoms with Crippen LogP contribution in [-0.4, -0.2) is 66.8 Å². The standard InChI is InChI=1S/C15H22N4O3/c1-11-10-13(17-15(16-11)21-2)18-5-7-19(8-6-18)14(20)12-4-3-9-22-12/h10,12H,3-9H2,1-2H3. The van der Waals surface area contributed by atoms with E-state index in [-0.39, 0.29) is 12.0 Å². The van der Waals surface area contributed by atoms with E-state index in [1.54, 1.807) is 7.11 Å². The van der Waals surface area contributed by atoms with Gasteiger partial charge in [-0.05, 0) is 19.8 Å². The van der Waals surface area contributed by atoms with Crippen molar-refractivity contribution in [1.82, 2.24) is 14.9 Å². The minimum Gasteiger partial charge on any atom is -0.467 e. The minimum absolute atomic E-state index is 0.133. The van der Waals surface area contributed by atoms with Crippen molar-refractivity contribution in [3.63, 3.8) is 0 Å². The zero-order valence-corrected chi connectivity index (χ0v) is 13.1. The molecule has 22 heavy (non-hydrogen) atoms. The number of aromatic nitrogens is 2. The van der Waals surface area contributed by atoms with Crippen molar-refractivity contribution in [3.8, 4) is 6.01 Å². The second-order valence-electron chi connectivity index (χ2n) is 5.67. The highest BCUT2D eigenvalue weighted by molar-refractivity contribution is 5.81. The number of methoxy groups -OCH3 is 1. The van der Waals surface area contributed by atoms with Crippen LogP contribution in [0.25, 0.3) is 0 Å². The van der Waals surface area contributed by atoms with E-state index in [4.69, 9.17) is 9.47 Å². The lowest BCUT2D eigenvalue weighted by Crippen LogP contribution is -2.51. The lowest BCUT2D eigenvalue weighted by Gasteiger charge is -2.36. The third-order valence-corrected chi connectivity index (χ3v) is 4.12. The smallest absolute Gasteiger partial charge is 0.318 e. The van der Waals surface area contributed by atoms with E-state index in [2.05, 4.69) is 14.9 Å². The van der Waals surface area contributed by atoms with Gasteiger partial charge >= 0.3 is 6.01 Å². The number of ether oxygens (including phenoxy) is 2. The van der Waals surface area contributed by atoms with E-state index in [9.17, 15) is 4.79 Å². The normalized spacial score (nSPS) is 22.0. The van der Waals surface area contributed by atoms with Crippen molar-refractivity contribution in [1.29, 1.82) is 0 Å². The molecule has 7 nitrogen and oxygen atoms in total. The van der Waals surface area contributed by atoms with Crippen LogP contribution < -0.4 is 9.64 Å². The molecule has 1 amide bonds. The van der Waals surface area contributed by atoms with Gasteiger partial charge in [0, 0.05) is 44.5 Å². The summed E-state index contributed by atoms with van der Waals surface area (Å²) >= 11 is 0. The zero-order chi connectivity index (χ0) is 15.5. The van der Waals surface area contributed by atoms with Crippen LogP contribution in [-0.2, 0) is 9.53 Å². The first kappa shape index (κ1) is 15.0. The predicted octanol–water partition coefficient (Wildman–Crippen LogP) is 0.621. The third-order valence-electron chi connectivity index (χ3n) is 4.12. The first-order valence-electron chi connectivity index (χ1n) is 7.72. The molecule has 0 aliphatic carbocycles. The van der Waals surface area contributed by atoms with Crippen molar-refractivity contribution in [3.05, 3.63) is 11.8 Å². The predicted molar refractivity (Wildman–Crippen MR) is 81.1 cm³/mol. The Bertz CT molecular complexity index is 538. The molecule has 1 aromatic rings. The number of amides is 1. The topological polar surface area (TPSA) is 67.8 Å². The quantitative estimate of drug-likeness (QED) is 0.815. The Kier molecular flexibility index (Phi) is 4.42. The fraction of sp³-hybridized carbons (Fsp3) is 0.667. The molecule has 0 saturated carbocycles. The van der Waals surface area contributed by atoms with Gasteiger partial charge < -0.3 is 19.3 Å².